The number of ether oxygens (including phenoxy) is 1. The van der Waals surface area contributed by atoms with Crippen molar-refractivity contribution in [2.45, 2.75) is 38.3 Å². The van der Waals surface area contributed by atoms with Gasteiger partial charge in [0.1, 0.15) is 11.6 Å². The SMILES string of the molecule is Cc1ccc2nc(Oc3ccc(C#N)cc3)c(C3C(C#N)=C(N)N(c4cccc(C(F)(F)F)c4)C4=C3C(=O)CCC4)cc2c1. The van der Waals surface area contributed by atoms with Crippen LogP contribution in [-0.4, -0.2) is 10.8 Å². The second kappa shape index (κ2) is 10.9. The van der Waals surface area contributed by atoms with E-state index in [1.807, 2.05) is 31.2 Å². The zero-order valence-electron chi connectivity index (χ0n) is 23.4. The van der Waals surface area contributed by atoms with Gasteiger partial charge in [0, 0.05) is 34.3 Å². The zero-order valence-corrected chi connectivity index (χ0v) is 23.4. The number of allylic oxidation sites excluding steroid dienone is 3. The predicted octanol–water partition coefficient (Wildman–Crippen LogP) is 7.53. The number of fused-ring (bicyclic) bond motifs is 1. The van der Waals surface area contributed by atoms with Crippen LogP contribution in [0.3, 0.4) is 0 Å². The summed E-state index contributed by atoms with van der Waals surface area (Å²) in [7, 11) is 0. The lowest BCUT2D eigenvalue weighted by molar-refractivity contribution is -0.137. The largest absolute Gasteiger partial charge is 0.439 e. The van der Waals surface area contributed by atoms with Gasteiger partial charge in [-0.3, -0.25) is 9.69 Å². The third-order valence-corrected chi connectivity index (χ3v) is 7.82. The number of rotatable bonds is 4. The van der Waals surface area contributed by atoms with Gasteiger partial charge in [-0.1, -0.05) is 17.7 Å². The molecule has 3 aromatic carbocycles. The fourth-order valence-corrected chi connectivity index (χ4v) is 5.81. The van der Waals surface area contributed by atoms with Gasteiger partial charge in [-0.25, -0.2) is 4.98 Å². The molecule has 0 radical (unpaired) electrons. The number of nitrogens with zero attached hydrogens (tertiary/aromatic N) is 4. The number of aryl methyl sites for hydroxylation is 1. The number of hydrogen-bond donors (Lipinski definition) is 1. The number of alkyl halides is 3. The van der Waals surface area contributed by atoms with E-state index in [1.165, 1.54) is 17.0 Å². The lowest BCUT2D eigenvalue weighted by Crippen LogP contribution is -2.39. The second-order valence-corrected chi connectivity index (χ2v) is 10.7. The van der Waals surface area contributed by atoms with Crippen molar-refractivity contribution in [2.24, 2.45) is 5.73 Å². The molecule has 44 heavy (non-hydrogen) atoms. The summed E-state index contributed by atoms with van der Waals surface area (Å²) in [4.78, 5) is 19.9. The number of ketones is 1. The minimum atomic E-state index is -4.60. The Morgan fingerprint density at radius 1 is 1.00 bits per heavy atom. The highest BCUT2D eigenvalue weighted by Gasteiger charge is 2.42. The fourth-order valence-electron chi connectivity index (χ4n) is 5.81. The van der Waals surface area contributed by atoms with E-state index < -0.39 is 17.7 Å². The molecule has 0 spiro atoms. The first-order valence-electron chi connectivity index (χ1n) is 13.8. The zero-order chi connectivity index (χ0) is 31.2. The summed E-state index contributed by atoms with van der Waals surface area (Å²) in [5, 5.41) is 20.4. The summed E-state index contributed by atoms with van der Waals surface area (Å²) in [6, 6.07) is 22.8. The Morgan fingerprint density at radius 3 is 2.48 bits per heavy atom. The van der Waals surface area contributed by atoms with E-state index in [1.54, 1.807) is 24.3 Å². The van der Waals surface area contributed by atoms with Gasteiger partial charge in [-0.2, -0.15) is 23.7 Å². The molecule has 2 N–H and O–H groups in total. The molecule has 218 valence electrons. The molecule has 1 aromatic heterocycles. The normalized spacial score (nSPS) is 16.9. The van der Waals surface area contributed by atoms with Gasteiger partial charge in [0.25, 0.3) is 0 Å². The van der Waals surface area contributed by atoms with Crippen molar-refractivity contribution in [3.8, 4) is 23.8 Å². The van der Waals surface area contributed by atoms with Crippen molar-refractivity contribution in [1.82, 2.24) is 4.98 Å². The molecule has 0 fully saturated rings. The summed E-state index contributed by atoms with van der Waals surface area (Å²) in [6.07, 6.45) is -3.56. The first-order valence-corrected chi connectivity index (χ1v) is 13.8. The molecule has 10 heteroatoms. The number of anilines is 1. The molecule has 1 aliphatic heterocycles. The summed E-state index contributed by atoms with van der Waals surface area (Å²) < 4.78 is 47.2. The van der Waals surface area contributed by atoms with Crippen molar-refractivity contribution in [3.63, 3.8) is 0 Å². The van der Waals surface area contributed by atoms with Crippen LogP contribution < -0.4 is 15.4 Å². The van der Waals surface area contributed by atoms with Crippen LogP contribution >= 0.6 is 0 Å². The van der Waals surface area contributed by atoms with Gasteiger partial charge in [0.2, 0.25) is 5.88 Å². The third-order valence-electron chi connectivity index (χ3n) is 7.82. The molecule has 2 aliphatic rings. The molecule has 0 saturated carbocycles. The van der Waals surface area contributed by atoms with Gasteiger partial charge in [0.15, 0.2) is 5.78 Å². The molecule has 0 amide bonds. The van der Waals surface area contributed by atoms with E-state index in [-0.39, 0.29) is 40.7 Å². The number of halogens is 3. The highest BCUT2D eigenvalue weighted by molar-refractivity contribution is 6.01. The van der Waals surface area contributed by atoms with Crippen LogP contribution in [0.15, 0.2) is 95.5 Å². The van der Waals surface area contributed by atoms with Crippen molar-refractivity contribution in [1.29, 1.82) is 10.5 Å². The smallest absolute Gasteiger partial charge is 0.416 e. The van der Waals surface area contributed by atoms with Crippen LogP contribution in [0, 0.1) is 29.6 Å². The lowest BCUT2D eigenvalue weighted by atomic mass is 9.75. The molecule has 0 bridgehead atoms. The summed E-state index contributed by atoms with van der Waals surface area (Å²) in [6.45, 7) is 1.93. The van der Waals surface area contributed by atoms with Gasteiger partial charge in [-0.05, 0) is 80.4 Å². The number of Topliss-reactive ketones (excluding diaryl/α,β-unsaturated/α-hetero) is 1. The molecule has 2 heterocycles. The van der Waals surface area contributed by atoms with Crippen molar-refractivity contribution in [2.75, 3.05) is 4.90 Å². The van der Waals surface area contributed by atoms with Crippen LogP contribution in [0.2, 0.25) is 0 Å². The molecule has 7 nitrogen and oxygen atoms in total. The number of hydrogen-bond acceptors (Lipinski definition) is 7. The maximum Gasteiger partial charge on any atom is 0.416 e. The molecule has 6 rings (SSSR count). The van der Waals surface area contributed by atoms with Crippen molar-refractivity contribution in [3.05, 3.63) is 118 Å². The number of benzene rings is 3. The molecule has 1 atom stereocenters. The molecular formula is C34H24F3N5O2. The number of carbonyl (C=O) groups excluding carboxylic acids is 1. The van der Waals surface area contributed by atoms with Crippen molar-refractivity contribution >= 4 is 22.4 Å². The fraction of sp³-hybridized carbons (Fsp3) is 0.176. The van der Waals surface area contributed by atoms with E-state index in [0.29, 0.717) is 40.9 Å². The first kappa shape index (κ1) is 28.5. The monoisotopic (exact) mass is 591 g/mol. The first-order chi connectivity index (χ1) is 21.1. The average molecular weight is 592 g/mol. The summed E-state index contributed by atoms with van der Waals surface area (Å²) >= 11 is 0. The van der Waals surface area contributed by atoms with Crippen LogP contribution in [-0.2, 0) is 11.0 Å². The molecular weight excluding hydrogens is 567 g/mol. The summed E-state index contributed by atoms with van der Waals surface area (Å²) in [5.41, 5.74) is 9.02. The Bertz CT molecular complexity index is 1980. The number of aromatic nitrogens is 1. The highest BCUT2D eigenvalue weighted by Crippen LogP contribution is 2.49. The van der Waals surface area contributed by atoms with Gasteiger partial charge >= 0.3 is 6.18 Å². The van der Waals surface area contributed by atoms with E-state index in [2.05, 4.69) is 12.1 Å². The highest BCUT2D eigenvalue weighted by atomic mass is 19.4. The van der Waals surface area contributed by atoms with Crippen LogP contribution in [0.5, 0.6) is 11.6 Å². The van der Waals surface area contributed by atoms with E-state index in [4.69, 9.17) is 15.5 Å². The topological polar surface area (TPSA) is 116 Å². The van der Waals surface area contributed by atoms with Crippen LogP contribution in [0.25, 0.3) is 10.9 Å². The van der Waals surface area contributed by atoms with Crippen LogP contribution in [0.1, 0.15) is 47.4 Å². The van der Waals surface area contributed by atoms with Gasteiger partial charge < -0.3 is 10.5 Å². The standard InChI is InChI=1S/C34H24F3N5O2/c1-19-8-13-27-21(14-19)15-25(33(41-27)44-24-11-9-20(17-38)10-12-24)30-26(18-39)32(40)42(28-6-3-7-29(43)31(28)30)23-5-2-4-22(16-23)34(35,36)37/h2,4-5,8-16,30H,3,6-7,40H2,1H3. The Hall–Kier alpha value is -5.61. The molecule has 1 aliphatic carbocycles. The van der Waals surface area contributed by atoms with E-state index >= 15 is 0 Å². The van der Waals surface area contributed by atoms with E-state index in [0.717, 1.165) is 23.1 Å². The average Bonchev–Trinajstić information content (AvgIpc) is 3.00. The molecule has 1 unspecified atom stereocenters. The Kier molecular flexibility index (Phi) is 7.06. The van der Waals surface area contributed by atoms with Crippen LogP contribution in [0.4, 0.5) is 18.9 Å². The Balaban J connectivity index is 1.59. The quantitative estimate of drug-likeness (QED) is 0.261. The number of nitrogens with two attached hydrogens (primary N) is 1. The minimum absolute atomic E-state index is 0.00473. The predicted molar refractivity (Wildman–Crippen MR) is 157 cm³/mol. The molecule has 0 saturated heterocycles. The Morgan fingerprint density at radius 2 is 1.77 bits per heavy atom. The Labute approximate surface area is 250 Å². The van der Waals surface area contributed by atoms with Gasteiger partial charge in [0.05, 0.1) is 40.3 Å². The lowest BCUT2D eigenvalue weighted by Gasteiger charge is -2.40. The third kappa shape index (κ3) is 5.01. The molecule has 4 aromatic rings. The number of nitriles is 2. The van der Waals surface area contributed by atoms with Crippen molar-refractivity contribution < 1.29 is 22.7 Å². The minimum Gasteiger partial charge on any atom is -0.439 e. The number of carbonyl (C=O) groups is 1. The maximum absolute atomic E-state index is 13.7. The second-order valence-electron chi connectivity index (χ2n) is 10.7. The number of pyridine rings is 1. The van der Waals surface area contributed by atoms with E-state index in [9.17, 15) is 28.5 Å². The maximum atomic E-state index is 13.7. The summed E-state index contributed by atoms with van der Waals surface area (Å²) in [5.74, 6) is -0.767. The van der Waals surface area contributed by atoms with Gasteiger partial charge in [-0.15, -0.1) is 0 Å².